The van der Waals surface area contributed by atoms with E-state index in [1.807, 2.05) is 17.9 Å². The number of piperidine rings is 1. The predicted molar refractivity (Wildman–Crippen MR) is 116 cm³/mol. The highest BCUT2D eigenvalue weighted by Gasteiger charge is 2.30. The molecule has 0 spiro atoms. The quantitative estimate of drug-likeness (QED) is 0.773. The second-order valence-corrected chi connectivity index (χ2v) is 8.64. The van der Waals surface area contributed by atoms with Crippen LogP contribution in [-0.4, -0.2) is 41.3 Å². The SMILES string of the molecule is CCCNC(=O)C1CCCN(C(=O)c2cccnc2Sc2ccc(C)cc2C)C1. The Hall–Kier alpha value is -2.34. The molecular weight excluding hydrogens is 382 g/mol. The number of carbonyl (C=O) groups excluding carboxylic acids is 2. The van der Waals surface area contributed by atoms with Gasteiger partial charge in [-0.3, -0.25) is 9.59 Å². The Labute approximate surface area is 177 Å². The molecule has 6 heteroatoms. The number of nitrogens with zero attached hydrogens (tertiary/aromatic N) is 2. The molecule has 5 nitrogen and oxygen atoms in total. The van der Waals surface area contributed by atoms with E-state index in [0.29, 0.717) is 30.2 Å². The first kappa shape index (κ1) is 21.4. The van der Waals surface area contributed by atoms with Crippen molar-refractivity contribution in [1.82, 2.24) is 15.2 Å². The zero-order chi connectivity index (χ0) is 20.8. The van der Waals surface area contributed by atoms with Crippen molar-refractivity contribution in [2.24, 2.45) is 5.92 Å². The molecule has 2 heterocycles. The third kappa shape index (κ3) is 5.38. The number of carbonyl (C=O) groups is 2. The van der Waals surface area contributed by atoms with E-state index in [9.17, 15) is 9.59 Å². The largest absolute Gasteiger partial charge is 0.356 e. The number of hydrogen-bond donors (Lipinski definition) is 1. The molecule has 1 N–H and O–H groups in total. The molecule has 2 amide bonds. The van der Waals surface area contributed by atoms with Gasteiger partial charge in [-0.15, -0.1) is 0 Å². The summed E-state index contributed by atoms with van der Waals surface area (Å²) in [5.74, 6) is -0.120. The minimum absolute atomic E-state index is 0.0432. The zero-order valence-corrected chi connectivity index (χ0v) is 18.2. The van der Waals surface area contributed by atoms with Gasteiger partial charge in [-0.05, 0) is 56.9 Å². The molecule has 1 fully saturated rings. The van der Waals surface area contributed by atoms with Gasteiger partial charge in [0, 0.05) is 30.7 Å². The molecule has 2 aromatic rings. The molecule has 1 atom stereocenters. The second-order valence-electron chi connectivity index (χ2n) is 7.61. The predicted octanol–water partition coefficient (Wildman–Crippen LogP) is 4.23. The van der Waals surface area contributed by atoms with Crippen LogP contribution in [0.2, 0.25) is 0 Å². The van der Waals surface area contributed by atoms with Gasteiger partial charge in [0.15, 0.2) is 0 Å². The van der Waals surface area contributed by atoms with Crippen LogP contribution in [0.15, 0.2) is 46.5 Å². The molecule has 0 saturated carbocycles. The van der Waals surface area contributed by atoms with Crippen molar-refractivity contribution in [1.29, 1.82) is 0 Å². The summed E-state index contributed by atoms with van der Waals surface area (Å²) >= 11 is 1.52. The van der Waals surface area contributed by atoms with E-state index >= 15 is 0 Å². The second kappa shape index (κ2) is 9.92. The van der Waals surface area contributed by atoms with Crippen LogP contribution in [0.25, 0.3) is 0 Å². The number of rotatable bonds is 6. The average Bonchev–Trinajstić information content (AvgIpc) is 2.74. The van der Waals surface area contributed by atoms with E-state index in [4.69, 9.17) is 0 Å². The normalized spacial score (nSPS) is 16.5. The zero-order valence-electron chi connectivity index (χ0n) is 17.4. The summed E-state index contributed by atoms with van der Waals surface area (Å²) < 4.78 is 0. The fraction of sp³-hybridized carbons (Fsp3) is 0.435. The Bertz CT molecular complexity index is 884. The van der Waals surface area contributed by atoms with Crippen molar-refractivity contribution in [3.05, 3.63) is 53.2 Å². The minimum atomic E-state index is -0.133. The lowest BCUT2D eigenvalue weighted by Crippen LogP contribution is -2.45. The van der Waals surface area contributed by atoms with Gasteiger partial charge in [-0.25, -0.2) is 4.98 Å². The van der Waals surface area contributed by atoms with E-state index in [1.165, 1.54) is 22.9 Å². The van der Waals surface area contributed by atoms with Gasteiger partial charge in [0.1, 0.15) is 5.03 Å². The maximum absolute atomic E-state index is 13.3. The molecule has 1 aromatic carbocycles. The number of amides is 2. The Kier molecular flexibility index (Phi) is 7.31. The van der Waals surface area contributed by atoms with Crippen molar-refractivity contribution in [2.75, 3.05) is 19.6 Å². The first-order valence-corrected chi connectivity index (χ1v) is 11.1. The Morgan fingerprint density at radius 1 is 1.28 bits per heavy atom. The van der Waals surface area contributed by atoms with E-state index < -0.39 is 0 Å². The van der Waals surface area contributed by atoms with E-state index in [0.717, 1.165) is 24.2 Å². The Balaban J connectivity index is 1.76. The van der Waals surface area contributed by atoms with Gasteiger partial charge in [-0.2, -0.15) is 0 Å². The van der Waals surface area contributed by atoms with Crippen molar-refractivity contribution < 1.29 is 9.59 Å². The Morgan fingerprint density at radius 2 is 2.10 bits per heavy atom. The number of aryl methyl sites for hydroxylation is 2. The highest BCUT2D eigenvalue weighted by atomic mass is 32.2. The van der Waals surface area contributed by atoms with Gasteiger partial charge in [0.2, 0.25) is 5.91 Å². The van der Waals surface area contributed by atoms with Gasteiger partial charge < -0.3 is 10.2 Å². The van der Waals surface area contributed by atoms with Crippen LogP contribution in [0, 0.1) is 19.8 Å². The third-order valence-corrected chi connectivity index (χ3v) is 6.36. The number of nitrogens with one attached hydrogen (secondary N) is 1. The molecule has 1 aromatic heterocycles. The van der Waals surface area contributed by atoms with Gasteiger partial charge in [-0.1, -0.05) is 36.4 Å². The number of hydrogen-bond acceptors (Lipinski definition) is 4. The summed E-state index contributed by atoms with van der Waals surface area (Å²) in [5.41, 5.74) is 2.99. The van der Waals surface area contributed by atoms with E-state index in [1.54, 1.807) is 12.3 Å². The molecule has 0 bridgehead atoms. The lowest BCUT2D eigenvalue weighted by molar-refractivity contribution is -0.126. The summed E-state index contributed by atoms with van der Waals surface area (Å²) in [6.45, 7) is 8.01. The highest BCUT2D eigenvalue weighted by Crippen LogP contribution is 2.32. The van der Waals surface area contributed by atoms with Crippen LogP contribution in [0.1, 0.15) is 47.7 Å². The van der Waals surface area contributed by atoms with Crippen LogP contribution in [0.3, 0.4) is 0 Å². The number of benzene rings is 1. The Morgan fingerprint density at radius 3 is 2.86 bits per heavy atom. The molecule has 29 heavy (non-hydrogen) atoms. The smallest absolute Gasteiger partial charge is 0.256 e. The summed E-state index contributed by atoms with van der Waals surface area (Å²) in [7, 11) is 0. The molecule has 1 saturated heterocycles. The molecule has 0 radical (unpaired) electrons. The summed E-state index contributed by atoms with van der Waals surface area (Å²) in [4.78, 5) is 33.0. The van der Waals surface area contributed by atoms with Crippen molar-refractivity contribution >= 4 is 23.6 Å². The molecule has 1 aliphatic heterocycles. The highest BCUT2D eigenvalue weighted by molar-refractivity contribution is 7.99. The van der Waals surface area contributed by atoms with Crippen LogP contribution in [-0.2, 0) is 4.79 Å². The lowest BCUT2D eigenvalue weighted by Gasteiger charge is -2.32. The van der Waals surface area contributed by atoms with Crippen LogP contribution in [0.5, 0.6) is 0 Å². The summed E-state index contributed by atoms with van der Waals surface area (Å²) in [6, 6.07) is 9.92. The molecule has 1 aliphatic rings. The lowest BCUT2D eigenvalue weighted by atomic mass is 9.96. The number of likely N-dealkylation sites (tertiary alicyclic amines) is 1. The number of aromatic nitrogens is 1. The first-order chi connectivity index (χ1) is 14.0. The van der Waals surface area contributed by atoms with Crippen LogP contribution >= 0.6 is 11.8 Å². The van der Waals surface area contributed by atoms with E-state index in [2.05, 4.69) is 42.3 Å². The van der Waals surface area contributed by atoms with Gasteiger partial charge >= 0.3 is 0 Å². The fourth-order valence-electron chi connectivity index (χ4n) is 3.59. The van der Waals surface area contributed by atoms with Crippen molar-refractivity contribution in [3.8, 4) is 0 Å². The average molecular weight is 412 g/mol. The van der Waals surface area contributed by atoms with Gasteiger partial charge in [0.25, 0.3) is 5.91 Å². The maximum atomic E-state index is 13.3. The third-order valence-electron chi connectivity index (χ3n) is 5.17. The monoisotopic (exact) mass is 411 g/mol. The van der Waals surface area contributed by atoms with Crippen molar-refractivity contribution in [3.63, 3.8) is 0 Å². The van der Waals surface area contributed by atoms with Crippen molar-refractivity contribution in [2.45, 2.75) is 50.0 Å². The molecule has 3 rings (SSSR count). The molecular formula is C23H29N3O2S. The maximum Gasteiger partial charge on any atom is 0.256 e. The van der Waals surface area contributed by atoms with Gasteiger partial charge in [0.05, 0.1) is 11.5 Å². The molecule has 0 aliphatic carbocycles. The topological polar surface area (TPSA) is 62.3 Å². The summed E-state index contributed by atoms with van der Waals surface area (Å²) in [5, 5.41) is 3.67. The molecule has 154 valence electrons. The van der Waals surface area contributed by atoms with E-state index in [-0.39, 0.29) is 17.7 Å². The minimum Gasteiger partial charge on any atom is -0.356 e. The summed E-state index contributed by atoms with van der Waals surface area (Å²) in [6.07, 6.45) is 4.31. The first-order valence-electron chi connectivity index (χ1n) is 10.3. The van der Waals surface area contributed by atoms with Crippen LogP contribution in [0.4, 0.5) is 0 Å². The number of pyridine rings is 1. The fourth-order valence-corrected chi connectivity index (χ4v) is 4.53. The molecule has 1 unspecified atom stereocenters. The van der Waals surface area contributed by atoms with Crippen LogP contribution < -0.4 is 5.32 Å². The standard InChI is InChI=1S/C23H29N3O2S/c1-4-11-24-21(27)18-7-6-13-26(15-18)23(28)19-8-5-12-25-22(19)29-20-10-9-16(2)14-17(20)3/h5,8-10,12,14,18H,4,6-7,11,13,15H2,1-3H3,(H,24,27).